The van der Waals surface area contributed by atoms with Gasteiger partial charge >= 0.3 is 0 Å². The average molecular weight is 316 g/mol. The van der Waals surface area contributed by atoms with E-state index in [1.807, 2.05) is 6.07 Å². The van der Waals surface area contributed by atoms with E-state index in [2.05, 4.69) is 38.1 Å². The summed E-state index contributed by atoms with van der Waals surface area (Å²) in [4.78, 5) is 8.80. The molecule has 0 aromatic carbocycles. The molecule has 0 aliphatic rings. The van der Waals surface area contributed by atoms with Gasteiger partial charge in [-0.1, -0.05) is 19.8 Å². The molecule has 18 heavy (non-hydrogen) atoms. The van der Waals surface area contributed by atoms with Crippen LogP contribution in [0.2, 0.25) is 0 Å². The van der Waals surface area contributed by atoms with Crippen LogP contribution in [0.3, 0.4) is 0 Å². The Morgan fingerprint density at radius 1 is 1.22 bits per heavy atom. The molecular formula is C13H22BrN3O. The van der Waals surface area contributed by atoms with Crippen LogP contribution in [-0.4, -0.2) is 28.2 Å². The van der Waals surface area contributed by atoms with Crippen LogP contribution >= 0.6 is 15.9 Å². The van der Waals surface area contributed by atoms with Gasteiger partial charge in [-0.15, -0.1) is 0 Å². The number of aryl methyl sites for hydroxylation is 1. The van der Waals surface area contributed by atoms with Crippen LogP contribution < -0.4 is 5.32 Å². The molecule has 1 aromatic rings. The summed E-state index contributed by atoms with van der Waals surface area (Å²) in [7, 11) is 0. The number of hydrogen-bond donors (Lipinski definition) is 2. The van der Waals surface area contributed by atoms with E-state index in [4.69, 9.17) is 5.11 Å². The van der Waals surface area contributed by atoms with E-state index in [0.29, 0.717) is 6.61 Å². The van der Waals surface area contributed by atoms with Crippen LogP contribution in [0, 0.1) is 0 Å². The summed E-state index contributed by atoms with van der Waals surface area (Å²) in [5.74, 6) is 1.78. The van der Waals surface area contributed by atoms with Crippen molar-refractivity contribution >= 4 is 21.7 Å². The number of nitrogens with zero attached hydrogens (tertiary/aromatic N) is 2. The molecule has 5 heteroatoms. The number of aromatic nitrogens is 2. The van der Waals surface area contributed by atoms with Crippen LogP contribution in [0.25, 0.3) is 0 Å². The molecule has 1 aromatic heterocycles. The van der Waals surface area contributed by atoms with Crippen molar-refractivity contribution in [3.8, 4) is 0 Å². The first-order valence-corrected chi connectivity index (χ1v) is 7.43. The summed E-state index contributed by atoms with van der Waals surface area (Å²) in [5.41, 5.74) is 0. The molecule has 4 nitrogen and oxygen atoms in total. The number of aliphatic hydroxyl groups is 1. The third kappa shape index (κ3) is 6.31. The molecule has 0 spiro atoms. The molecule has 0 fully saturated rings. The van der Waals surface area contributed by atoms with E-state index in [-0.39, 0.29) is 0 Å². The highest BCUT2D eigenvalue weighted by molar-refractivity contribution is 9.10. The molecule has 0 saturated carbocycles. The summed E-state index contributed by atoms with van der Waals surface area (Å²) in [6, 6.07) is 1.91. The van der Waals surface area contributed by atoms with Crippen molar-refractivity contribution in [2.45, 2.75) is 45.4 Å². The third-order valence-electron chi connectivity index (χ3n) is 2.61. The molecule has 0 radical (unpaired) electrons. The minimum absolute atomic E-state index is 0.298. The molecule has 2 N–H and O–H groups in total. The van der Waals surface area contributed by atoms with Gasteiger partial charge in [-0.3, -0.25) is 0 Å². The molecule has 0 atom stereocenters. The summed E-state index contributed by atoms with van der Waals surface area (Å²) in [6.45, 7) is 3.34. The van der Waals surface area contributed by atoms with Crippen LogP contribution in [0.4, 0.5) is 5.82 Å². The highest BCUT2D eigenvalue weighted by Gasteiger charge is 2.01. The Morgan fingerprint density at radius 3 is 2.72 bits per heavy atom. The summed E-state index contributed by atoms with van der Waals surface area (Å²) in [5, 5.41) is 12.0. The molecule has 0 aliphatic carbocycles. The Morgan fingerprint density at radius 2 is 2.00 bits per heavy atom. The number of halogens is 1. The predicted molar refractivity (Wildman–Crippen MR) is 77.8 cm³/mol. The second kappa shape index (κ2) is 9.28. The average Bonchev–Trinajstić information content (AvgIpc) is 2.33. The minimum Gasteiger partial charge on any atom is -0.396 e. The van der Waals surface area contributed by atoms with Crippen LogP contribution in [-0.2, 0) is 6.42 Å². The molecule has 0 aliphatic heterocycles. The van der Waals surface area contributed by atoms with Gasteiger partial charge in [0.15, 0.2) is 0 Å². The lowest BCUT2D eigenvalue weighted by molar-refractivity contribution is 0.283. The number of rotatable bonds is 9. The Hall–Kier alpha value is -0.680. The van der Waals surface area contributed by atoms with E-state index < -0.39 is 0 Å². The number of aliphatic hydroxyl groups excluding tert-OH is 1. The Balaban J connectivity index is 2.32. The SMILES string of the molecule is CCCc1nc(Br)cc(NCCCCCCO)n1. The highest BCUT2D eigenvalue weighted by atomic mass is 79.9. The van der Waals surface area contributed by atoms with E-state index in [0.717, 1.165) is 61.3 Å². The lowest BCUT2D eigenvalue weighted by atomic mass is 10.2. The van der Waals surface area contributed by atoms with Crippen LogP contribution in [0.1, 0.15) is 44.9 Å². The maximum Gasteiger partial charge on any atom is 0.132 e. The number of hydrogen-bond acceptors (Lipinski definition) is 4. The van der Waals surface area contributed by atoms with E-state index in [1.165, 1.54) is 0 Å². The molecule has 0 bridgehead atoms. The Kier molecular flexibility index (Phi) is 7.93. The van der Waals surface area contributed by atoms with Crippen molar-refractivity contribution in [3.05, 3.63) is 16.5 Å². The standard InChI is InChI=1S/C13H22BrN3O/c1-2-7-12-16-11(14)10-13(17-12)15-8-5-3-4-6-9-18/h10,18H,2-9H2,1H3,(H,15,16,17). The van der Waals surface area contributed by atoms with Gasteiger partial charge < -0.3 is 10.4 Å². The van der Waals surface area contributed by atoms with Crippen LogP contribution in [0.5, 0.6) is 0 Å². The van der Waals surface area contributed by atoms with Gasteiger partial charge in [0.05, 0.1) is 0 Å². The van der Waals surface area contributed by atoms with Crippen molar-refractivity contribution in [2.24, 2.45) is 0 Å². The molecule has 0 saturated heterocycles. The Bertz CT molecular complexity index is 347. The van der Waals surface area contributed by atoms with Gasteiger partial charge in [-0.2, -0.15) is 0 Å². The second-order valence-electron chi connectivity index (χ2n) is 4.31. The number of unbranched alkanes of at least 4 members (excludes halogenated alkanes) is 3. The Labute approximate surface area is 117 Å². The van der Waals surface area contributed by atoms with Crippen molar-refractivity contribution < 1.29 is 5.11 Å². The maximum absolute atomic E-state index is 8.67. The number of anilines is 1. The smallest absolute Gasteiger partial charge is 0.132 e. The number of nitrogens with one attached hydrogen (secondary N) is 1. The van der Waals surface area contributed by atoms with Gasteiger partial charge in [0.2, 0.25) is 0 Å². The summed E-state index contributed by atoms with van der Waals surface area (Å²) in [6.07, 6.45) is 6.19. The zero-order valence-corrected chi connectivity index (χ0v) is 12.5. The van der Waals surface area contributed by atoms with Crippen molar-refractivity contribution in [3.63, 3.8) is 0 Å². The van der Waals surface area contributed by atoms with Gasteiger partial charge in [0.1, 0.15) is 16.2 Å². The maximum atomic E-state index is 8.67. The molecule has 0 unspecified atom stereocenters. The monoisotopic (exact) mass is 315 g/mol. The predicted octanol–water partition coefficient (Wildman–Crippen LogP) is 3.16. The summed E-state index contributed by atoms with van der Waals surface area (Å²) >= 11 is 3.41. The van der Waals surface area contributed by atoms with Crippen LogP contribution in [0.15, 0.2) is 10.7 Å². The lowest BCUT2D eigenvalue weighted by Crippen LogP contribution is -2.06. The third-order valence-corrected chi connectivity index (χ3v) is 3.01. The minimum atomic E-state index is 0.298. The van der Waals surface area contributed by atoms with Gasteiger partial charge in [0.25, 0.3) is 0 Å². The quantitative estimate of drug-likeness (QED) is 0.543. The molecule has 0 amide bonds. The molecular weight excluding hydrogens is 294 g/mol. The van der Waals surface area contributed by atoms with E-state index >= 15 is 0 Å². The van der Waals surface area contributed by atoms with Crippen molar-refractivity contribution in [2.75, 3.05) is 18.5 Å². The fourth-order valence-electron chi connectivity index (χ4n) is 1.70. The zero-order chi connectivity index (χ0) is 13.2. The normalized spacial score (nSPS) is 10.6. The van der Waals surface area contributed by atoms with E-state index in [1.54, 1.807) is 0 Å². The lowest BCUT2D eigenvalue weighted by Gasteiger charge is -2.07. The molecule has 102 valence electrons. The van der Waals surface area contributed by atoms with Crippen molar-refractivity contribution in [1.29, 1.82) is 0 Å². The fraction of sp³-hybridized carbons (Fsp3) is 0.692. The summed E-state index contributed by atoms with van der Waals surface area (Å²) < 4.78 is 0.837. The van der Waals surface area contributed by atoms with Gasteiger partial charge in [-0.05, 0) is 35.2 Å². The largest absolute Gasteiger partial charge is 0.396 e. The topological polar surface area (TPSA) is 58.0 Å². The van der Waals surface area contributed by atoms with E-state index in [9.17, 15) is 0 Å². The van der Waals surface area contributed by atoms with Gasteiger partial charge in [0, 0.05) is 25.6 Å². The first-order valence-electron chi connectivity index (χ1n) is 6.64. The zero-order valence-electron chi connectivity index (χ0n) is 11.0. The fourth-order valence-corrected chi connectivity index (χ4v) is 2.12. The highest BCUT2D eigenvalue weighted by Crippen LogP contribution is 2.13. The molecule has 1 heterocycles. The van der Waals surface area contributed by atoms with Gasteiger partial charge in [-0.25, -0.2) is 9.97 Å². The van der Waals surface area contributed by atoms with Crippen molar-refractivity contribution in [1.82, 2.24) is 9.97 Å². The first-order chi connectivity index (χ1) is 8.76. The molecule has 1 rings (SSSR count). The second-order valence-corrected chi connectivity index (χ2v) is 5.12. The first kappa shape index (κ1) is 15.4.